The number of carbonyl (C=O) groups is 1. The van der Waals surface area contributed by atoms with Gasteiger partial charge >= 0.3 is 6.18 Å². The maximum absolute atomic E-state index is 13.2. The number of nitrogens with one attached hydrogen (secondary N) is 1. The van der Waals surface area contributed by atoms with Crippen LogP contribution in [0.1, 0.15) is 61.8 Å². The highest BCUT2D eigenvalue weighted by molar-refractivity contribution is 5.80. The number of ether oxygens (including phenoxy) is 1. The highest BCUT2D eigenvalue weighted by Gasteiger charge is 2.38. The standard InChI is InChI=1S/C22H29F3N2O2/c1-14-20-13-17(22(23,24)25)4-2-15(20)6-9-27(14)21(28)16-3-5-19(12-16)26-18-7-10-29-11-8-18/h2,4,13-14,16,18-19,26H,3,5-12H2,1H3/t14?,16-,19?/m0/s1. The minimum atomic E-state index is -4.37. The Kier molecular flexibility index (Phi) is 5.89. The molecule has 0 radical (unpaired) electrons. The number of hydrogen-bond acceptors (Lipinski definition) is 3. The van der Waals surface area contributed by atoms with E-state index in [2.05, 4.69) is 5.32 Å². The summed E-state index contributed by atoms with van der Waals surface area (Å²) in [6, 6.07) is 4.42. The van der Waals surface area contributed by atoms with Gasteiger partial charge in [-0.3, -0.25) is 4.79 Å². The summed E-state index contributed by atoms with van der Waals surface area (Å²) in [5.74, 6) is 0.0546. The monoisotopic (exact) mass is 410 g/mol. The summed E-state index contributed by atoms with van der Waals surface area (Å²) in [5, 5.41) is 3.68. The van der Waals surface area contributed by atoms with Gasteiger partial charge in [0.2, 0.25) is 5.91 Å². The van der Waals surface area contributed by atoms with Crippen molar-refractivity contribution in [3.8, 4) is 0 Å². The fourth-order valence-electron chi connectivity index (χ4n) is 5.08. The highest BCUT2D eigenvalue weighted by atomic mass is 19.4. The Labute approximate surface area is 169 Å². The number of rotatable bonds is 3. The van der Waals surface area contributed by atoms with E-state index in [0.717, 1.165) is 56.9 Å². The van der Waals surface area contributed by atoms with Crippen molar-refractivity contribution in [2.45, 2.75) is 69.8 Å². The zero-order valence-electron chi connectivity index (χ0n) is 16.8. The number of halogens is 3. The molecular formula is C22H29F3N2O2. The van der Waals surface area contributed by atoms with Crippen LogP contribution in [0.4, 0.5) is 13.2 Å². The van der Waals surface area contributed by atoms with E-state index in [9.17, 15) is 18.0 Å². The smallest absolute Gasteiger partial charge is 0.381 e. The molecular weight excluding hydrogens is 381 g/mol. The van der Waals surface area contributed by atoms with Crippen LogP contribution in [0.2, 0.25) is 0 Å². The third kappa shape index (κ3) is 4.45. The fourth-order valence-corrected chi connectivity index (χ4v) is 5.08. The summed E-state index contributed by atoms with van der Waals surface area (Å²) in [5.41, 5.74) is 0.910. The van der Waals surface area contributed by atoms with Crippen molar-refractivity contribution in [1.29, 1.82) is 0 Å². The summed E-state index contributed by atoms with van der Waals surface area (Å²) in [6.07, 6.45) is 0.904. The Hall–Kier alpha value is -1.60. The van der Waals surface area contributed by atoms with Crippen molar-refractivity contribution in [2.24, 2.45) is 5.92 Å². The van der Waals surface area contributed by atoms with E-state index < -0.39 is 11.7 Å². The van der Waals surface area contributed by atoms with Crippen molar-refractivity contribution in [1.82, 2.24) is 10.2 Å². The molecule has 0 spiro atoms. The molecule has 2 heterocycles. The fraction of sp³-hybridized carbons (Fsp3) is 0.682. The summed E-state index contributed by atoms with van der Waals surface area (Å²) in [7, 11) is 0. The van der Waals surface area contributed by atoms with Gasteiger partial charge in [-0.05, 0) is 68.7 Å². The predicted molar refractivity (Wildman–Crippen MR) is 103 cm³/mol. The first kappa shape index (κ1) is 20.7. The molecule has 3 aliphatic rings. The summed E-state index contributed by atoms with van der Waals surface area (Å²) in [4.78, 5) is 15.0. The minimum absolute atomic E-state index is 0.0397. The Morgan fingerprint density at radius 2 is 1.90 bits per heavy atom. The molecule has 1 aromatic carbocycles. The maximum Gasteiger partial charge on any atom is 0.416 e. The summed E-state index contributed by atoms with van der Waals surface area (Å²) in [6.45, 7) is 4.00. The lowest BCUT2D eigenvalue weighted by molar-refractivity contribution is -0.138. The second-order valence-corrected chi connectivity index (χ2v) is 8.63. The molecule has 4 rings (SSSR count). The van der Waals surface area contributed by atoms with Gasteiger partial charge in [0, 0.05) is 37.8 Å². The van der Waals surface area contributed by atoms with E-state index in [1.807, 2.05) is 6.92 Å². The molecule has 29 heavy (non-hydrogen) atoms. The van der Waals surface area contributed by atoms with Crippen LogP contribution < -0.4 is 5.32 Å². The third-order valence-corrected chi connectivity index (χ3v) is 6.77. The lowest BCUT2D eigenvalue weighted by Gasteiger charge is -2.37. The van der Waals surface area contributed by atoms with Crippen molar-refractivity contribution in [3.05, 3.63) is 34.9 Å². The first-order valence-corrected chi connectivity index (χ1v) is 10.7. The molecule has 3 atom stereocenters. The Morgan fingerprint density at radius 1 is 1.14 bits per heavy atom. The number of amides is 1. The molecule has 2 unspecified atom stereocenters. The van der Waals surface area contributed by atoms with Crippen molar-refractivity contribution < 1.29 is 22.7 Å². The molecule has 1 saturated heterocycles. The third-order valence-electron chi connectivity index (χ3n) is 6.77. The van der Waals surface area contributed by atoms with E-state index in [4.69, 9.17) is 4.74 Å². The lowest BCUT2D eigenvalue weighted by Crippen LogP contribution is -2.43. The molecule has 2 aliphatic heterocycles. The average molecular weight is 410 g/mol. The average Bonchev–Trinajstić information content (AvgIpc) is 3.16. The number of nitrogens with zero attached hydrogens (tertiary/aromatic N) is 1. The van der Waals surface area contributed by atoms with Crippen molar-refractivity contribution in [3.63, 3.8) is 0 Å². The molecule has 1 saturated carbocycles. The topological polar surface area (TPSA) is 41.6 Å². The van der Waals surface area contributed by atoms with E-state index in [0.29, 0.717) is 30.6 Å². The van der Waals surface area contributed by atoms with Crippen LogP contribution in [0.3, 0.4) is 0 Å². The van der Waals surface area contributed by atoms with Crippen LogP contribution in [0.25, 0.3) is 0 Å². The number of carbonyl (C=O) groups excluding carboxylic acids is 1. The second kappa shape index (κ2) is 8.26. The zero-order valence-corrected chi connectivity index (χ0v) is 16.8. The van der Waals surface area contributed by atoms with Crippen molar-refractivity contribution >= 4 is 5.91 Å². The molecule has 1 aromatic rings. The van der Waals surface area contributed by atoms with Gasteiger partial charge in [0.25, 0.3) is 0 Å². The Morgan fingerprint density at radius 3 is 2.62 bits per heavy atom. The minimum Gasteiger partial charge on any atom is -0.381 e. The van der Waals surface area contributed by atoms with Crippen LogP contribution in [0.5, 0.6) is 0 Å². The molecule has 7 heteroatoms. The molecule has 1 amide bonds. The SMILES string of the molecule is CC1c2cc(C(F)(F)F)ccc2CCN1C(=O)[C@H]1CCC(NC2CCOCC2)C1. The largest absolute Gasteiger partial charge is 0.416 e. The summed E-state index contributed by atoms with van der Waals surface area (Å²) < 4.78 is 44.8. The van der Waals surface area contributed by atoms with Gasteiger partial charge < -0.3 is 15.0 Å². The van der Waals surface area contributed by atoms with Crippen LogP contribution in [-0.2, 0) is 22.1 Å². The number of fused-ring (bicyclic) bond motifs is 1. The normalized spacial score (nSPS) is 28.4. The molecule has 4 nitrogen and oxygen atoms in total. The first-order valence-electron chi connectivity index (χ1n) is 10.7. The van der Waals surface area contributed by atoms with Gasteiger partial charge in [0.1, 0.15) is 0 Å². The predicted octanol–water partition coefficient (Wildman–Crippen LogP) is 4.09. The van der Waals surface area contributed by atoms with Crippen LogP contribution >= 0.6 is 0 Å². The lowest BCUT2D eigenvalue weighted by atomic mass is 9.90. The Bertz CT molecular complexity index is 746. The summed E-state index contributed by atoms with van der Waals surface area (Å²) >= 11 is 0. The number of hydrogen-bond donors (Lipinski definition) is 1. The number of alkyl halides is 3. The van der Waals surface area contributed by atoms with Crippen LogP contribution in [0.15, 0.2) is 18.2 Å². The van der Waals surface area contributed by atoms with Gasteiger partial charge in [-0.25, -0.2) is 0 Å². The molecule has 1 aliphatic carbocycles. The highest BCUT2D eigenvalue weighted by Crippen LogP contribution is 2.38. The second-order valence-electron chi connectivity index (χ2n) is 8.63. The van der Waals surface area contributed by atoms with E-state index in [1.54, 1.807) is 11.0 Å². The first-order chi connectivity index (χ1) is 13.8. The quantitative estimate of drug-likeness (QED) is 0.816. The number of benzene rings is 1. The molecule has 0 bridgehead atoms. The maximum atomic E-state index is 13.2. The van der Waals surface area contributed by atoms with Gasteiger partial charge in [0.05, 0.1) is 11.6 Å². The van der Waals surface area contributed by atoms with E-state index in [-0.39, 0.29) is 17.9 Å². The van der Waals surface area contributed by atoms with Crippen LogP contribution in [-0.4, -0.2) is 42.6 Å². The van der Waals surface area contributed by atoms with Crippen molar-refractivity contribution in [2.75, 3.05) is 19.8 Å². The van der Waals surface area contributed by atoms with Crippen LogP contribution in [0, 0.1) is 5.92 Å². The zero-order chi connectivity index (χ0) is 20.6. The molecule has 160 valence electrons. The molecule has 2 fully saturated rings. The van der Waals surface area contributed by atoms with Gasteiger partial charge in [-0.15, -0.1) is 0 Å². The van der Waals surface area contributed by atoms with E-state index in [1.165, 1.54) is 6.07 Å². The van der Waals surface area contributed by atoms with Gasteiger partial charge in [-0.2, -0.15) is 13.2 Å². The molecule has 0 aromatic heterocycles. The van der Waals surface area contributed by atoms with Gasteiger partial charge in [0.15, 0.2) is 0 Å². The van der Waals surface area contributed by atoms with Gasteiger partial charge in [-0.1, -0.05) is 6.07 Å². The Balaban J connectivity index is 1.41. The molecule has 1 N–H and O–H groups in total. The van der Waals surface area contributed by atoms with E-state index >= 15 is 0 Å².